The maximum absolute atomic E-state index is 12.6. The van der Waals surface area contributed by atoms with E-state index in [1.807, 2.05) is 66.4 Å². The molecule has 0 radical (unpaired) electrons. The summed E-state index contributed by atoms with van der Waals surface area (Å²) >= 11 is 1.38. The number of thiazole rings is 1. The van der Waals surface area contributed by atoms with E-state index in [9.17, 15) is 4.79 Å². The number of anilines is 1. The number of carbonyl (C=O) groups excluding carboxylic acids is 1. The molecule has 1 amide bonds. The lowest BCUT2D eigenvalue weighted by Crippen LogP contribution is -2.17. The molecule has 4 rings (SSSR count). The largest absolute Gasteiger partial charge is 0.339 e. The van der Waals surface area contributed by atoms with Crippen LogP contribution in [0.25, 0.3) is 11.4 Å². The van der Waals surface area contributed by atoms with E-state index in [1.165, 1.54) is 11.3 Å². The van der Waals surface area contributed by atoms with Gasteiger partial charge in [0.15, 0.2) is 5.13 Å². The van der Waals surface area contributed by atoms with Gasteiger partial charge in [0.1, 0.15) is 11.4 Å². The normalized spacial score (nSPS) is 10.1. The summed E-state index contributed by atoms with van der Waals surface area (Å²) in [5.74, 6) is -0.189. The minimum Gasteiger partial charge on any atom is -0.339 e. The molecule has 0 bridgehead atoms. The first-order valence-electron chi connectivity index (χ1n) is 9.02. The fourth-order valence-electron chi connectivity index (χ4n) is 2.57. The Morgan fingerprint density at radius 3 is 2.61 bits per heavy atom. The van der Waals surface area contributed by atoms with Gasteiger partial charge in [0, 0.05) is 36.7 Å². The van der Waals surface area contributed by atoms with Crippen LogP contribution in [0.2, 0.25) is 0 Å². The highest BCUT2D eigenvalue weighted by atomic mass is 32.1. The third-order valence-corrected chi connectivity index (χ3v) is 4.57. The van der Waals surface area contributed by atoms with Gasteiger partial charge in [-0.3, -0.25) is 20.1 Å². The monoisotopic (exact) mass is 391 g/mol. The van der Waals surface area contributed by atoms with Gasteiger partial charge < -0.3 is 4.57 Å². The van der Waals surface area contributed by atoms with Crippen LogP contribution in [0.4, 0.5) is 5.13 Å². The summed E-state index contributed by atoms with van der Waals surface area (Å²) in [6, 6.07) is 13.2. The van der Waals surface area contributed by atoms with Crippen molar-refractivity contribution in [2.75, 3.05) is 5.32 Å². The third kappa shape index (κ3) is 4.69. The van der Waals surface area contributed by atoms with E-state index >= 15 is 0 Å². The van der Waals surface area contributed by atoms with Crippen molar-refractivity contribution < 1.29 is 4.79 Å². The molecule has 0 aromatic carbocycles. The van der Waals surface area contributed by atoms with E-state index in [0.29, 0.717) is 17.4 Å². The number of carbonyl (C=O) groups is 1. The van der Waals surface area contributed by atoms with Crippen LogP contribution in [0.3, 0.4) is 0 Å². The Kier molecular flexibility index (Phi) is 6.64. The number of nitrogens with one attached hydrogen (secondary N) is 1. The van der Waals surface area contributed by atoms with Gasteiger partial charge in [0.25, 0.3) is 5.91 Å². The first-order valence-corrected chi connectivity index (χ1v) is 9.90. The average molecular weight is 392 g/mol. The molecule has 1 N–H and O–H groups in total. The second kappa shape index (κ2) is 9.57. The maximum atomic E-state index is 12.6. The number of hydrogen-bond acceptors (Lipinski definition) is 5. The van der Waals surface area contributed by atoms with Gasteiger partial charge in [-0.2, -0.15) is 0 Å². The van der Waals surface area contributed by atoms with E-state index in [-0.39, 0.29) is 5.91 Å². The summed E-state index contributed by atoms with van der Waals surface area (Å²) in [6.07, 6.45) is 7.09. The zero-order valence-electron chi connectivity index (χ0n) is 15.7. The van der Waals surface area contributed by atoms with Crippen LogP contribution in [0.1, 0.15) is 29.9 Å². The molecule has 4 aromatic heterocycles. The molecule has 0 aliphatic rings. The van der Waals surface area contributed by atoms with Crippen LogP contribution in [0.5, 0.6) is 0 Å². The highest BCUT2D eigenvalue weighted by Crippen LogP contribution is 2.23. The molecular formula is C21H21N5OS. The van der Waals surface area contributed by atoms with Crippen molar-refractivity contribution in [3.63, 3.8) is 0 Å². The van der Waals surface area contributed by atoms with E-state index in [0.717, 1.165) is 17.0 Å². The summed E-state index contributed by atoms with van der Waals surface area (Å²) in [5, 5.41) is 5.30. The topological polar surface area (TPSA) is 72.7 Å². The second-order valence-electron chi connectivity index (χ2n) is 5.58. The van der Waals surface area contributed by atoms with Gasteiger partial charge in [-0.15, -0.1) is 11.3 Å². The minimum atomic E-state index is -0.189. The Balaban J connectivity index is 0.00000109. The Morgan fingerprint density at radius 1 is 1.04 bits per heavy atom. The Morgan fingerprint density at radius 2 is 1.86 bits per heavy atom. The van der Waals surface area contributed by atoms with Gasteiger partial charge in [-0.25, -0.2) is 4.98 Å². The molecule has 0 fully saturated rings. The number of pyridine rings is 2. The van der Waals surface area contributed by atoms with Gasteiger partial charge in [-0.05, 0) is 42.0 Å². The number of nitrogens with zero attached hydrogens (tertiary/aromatic N) is 4. The first kappa shape index (κ1) is 19.4. The smallest absolute Gasteiger partial charge is 0.274 e. The summed E-state index contributed by atoms with van der Waals surface area (Å²) in [4.78, 5) is 25.4. The van der Waals surface area contributed by atoms with Crippen molar-refractivity contribution in [2.45, 2.75) is 20.4 Å². The maximum Gasteiger partial charge on any atom is 0.274 e. The molecule has 7 heteroatoms. The summed E-state index contributed by atoms with van der Waals surface area (Å²) in [5.41, 5.74) is 3.19. The zero-order chi connectivity index (χ0) is 19.8. The lowest BCUT2D eigenvalue weighted by Gasteiger charge is -2.08. The molecule has 4 heterocycles. The minimum absolute atomic E-state index is 0.189. The van der Waals surface area contributed by atoms with Gasteiger partial charge in [0.05, 0.1) is 5.69 Å². The fraction of sp³-hybridized carbons (Fsp3) is 0.143. The predicted octanol–water partition coefficient (Wildman–Crippen LogP) is 4.73. The third-order valence-electron chi connectivity index (χ3n) is 3.82. The molecular weight excluding hydrogens is 370 g/mol. The highest BCUT2D eigenvalue weighted by molar-refractivity contribution is 7.14. The number of amides is 1. The number of hydrogen-bond donors (Lipinski definition) is 1. The van der Waals surface area contributed by atoms with Crippen LogP contribution in [0.15, 0.2) is 72.6 Å². The molecule has 28 heavy (non-hydrogen) atoms. The Labute approximate surface area is 167 Å². The number of aromatic nitrogens is 4. The van der Waals surface area contributed by atoms with Gasteiger partial charge in [0.2, 0.25) is 0 Å². The summed E-state index contributed by atoms with van der Waals surface area (Å²) in [6.45, 7) is 4.61. The lowest BCUT2D eigenvalue weighted by molar-refractivity contribution is 0.101. The molecule has 0 saturated carbocycles. The average Bonchev–Trinajstić information content (AvgIpc) is 3.41. The Hall–Kier alpha value is -3.32. The SMILES string of the molecule is CC.O=C(Nc1nc(-c2ccccn2)cs1)c1cccn1Cc1ccncc1. The lowest BCUT2D eigenvalue weighted by atomic mass is 10.2. The van der Waals surface area contributed by atoms with Crippen molar-refractivity contribution in [2.24, 2.45) is 0 Å². The van der Waals surface area contributed by atoms with Crippen LogP contribution in [-0.2, 0) is 6.54 Å². The quantitative estimate of drug-likeness (QED) is 0.534. The van der Waals surface area contributed by atoms with Crippen molar-refractivity contribution in [1.82, 2.24) is 19.5 Å². The standard InChI is InChI=1S/C19H15N5OS.C2H6/c25-18(17-5-3-11-24(17)12-14-6-9-20-10-7-14)23-19-22-16(13-26-19)15-4-1-2-8-21-15;1-2/h1-11,13H,12H2,(H,22,23,25);1-2H3. The molecule has 142 valence electrons. The fourth-order valence-corrected chi connectivity index (χ4v) is 3.27. The van der Waals surface area contributed by atoms with E-state index in [2.05, 4.69) is 20.3 Å². The van der Waals surface area contributed by atoms with Crippen LogP contribution < -0.4 is 5.32 Å². The van der Waals surface area contributed by atoms with Gasteiger partial charge >= 0.3 is 0 Å². The second-order valence-corrected chi connectivity index (χ2v) is 6.44. The Bertz CT molecular complexity index is 1010. The highest BCUT2D eigenvalue weighted by Gasteiger charge is 2.14. The van der Waals surface area contributed by atoms with Crippen molar-refractivity contribution in [3.05, 3.63) is 83.9 Å². The molecule has 0 unspecified atom stereocenters. The van der Waals surface area contributed by atoms with Gasteiger partial charge in [-0.1, -0.05) is 19.9 Å². The van der Waals surface area contributed by atoms with Crippen molar-refractivity contribution in [1.29, 1.82) is 0 Å². The summed E-state index contributed by atoms with van der Waals surface area (Å²) in [7, 11) is 0. The zero-order valence-corrected chi connectivity index (χ0v) is 16.6. The molecule has 0 atom stereocenters. The van der Waals surface area contributed by atoms with E-state index in [1.54, 1.807) is 24.7 Å². The predicted molar refractivity (Wildman–Crippen MR) is 112 cm³/mol. The molecule has 0 saturated heterocycles. The first-order chi connectivity index (χ1) is 13.8. The van der Waals surface area contributed by atoms with Crippen LogP contribution in [0, 0.1) is 0 Å². The van der Waals surface area contributed by atoms with E-state index < -0.39 is 0 Å². The van der Waals surface area contributed by atoms with Crippen molar-refractivity contribution >= 4 is 22.4 Å². The van der Waals surface area contributed by atoms with Crippen molar-refractivity contribution in [3.8, 4) is 11.4 Å². The molecule has 6 nitrogen and oxygen atoms in total. The number of rotatable bonds is 5. The molecule has 4 aromatic rings. The summed E-state index contributed by atoms with van der Waals surface area (Å²) < 4.78 is 1.90. The molecule has 0 aliphatic carbocycles. The van der Waals surface area contributed by atoms with E-state index in [4.69, 9.17) is 0 Å². The van der Waals surface area contributed by atoms with Crippen LogP contribution >= 0.6 is 11.3 Å². The van der Waals surface area contributed by atoms with Crippen LogP contribution in [-0.4, -0.2) is 25.4 Å². The molecule has 0 aliphatic heterocycles. The molecule has 0 spiro atoms.